The third-order valence-corrected chi connectivity index (χ3v) is 3.78. The highest BCUT2D eigenvalue weighted by atomic mass is 35.5. The van der Waals surface area contributed by atoms with Crippen molar-refractivity contribution in [2.24, 2.45) is 5.16 Å². The first-order valence-electron chi connectivity index (χ1n) is 7.87. The van der Waals surface area contributed by atoms with Gasteiger partial charge in [0.2, 0.25) is 0 Å². The SMILES string of the molecule is COc1cccc2cc(C(=O)Nc3cccc(Cl)c3)/c(=N\OC(C)=O)oc12. The van der Waals surface area contributed by atoms with Crippen LogP contribution in [-0.2, 0) is 9.63 Å². The van der Waals surface area contributed by atoms with Crippen molar-refractivity contribution < 1.29 is 23.6 Å². The lowest BCUT2D eigenvalue weighted by molar-refractivity contribution is -0.141. The van der Waals surface area contributed by atoms with Gasteiger partial charge in [-0.3, -0.25) is 4.79 Å². The monoisotopic (exact) mass is 386 g/mol. The van der Waals surface area contributed by atoms with Gasteiger partial charge in [0.15, 0.2) is 11.3 Å². The Morgan fingerprint density at radius 1 is 1.15 bits per heavy atom. The Bertz CT molecular complexity index is 1090. The second-order valence-corrected chi connectivity index (χ2v) is 5.92. The summed E-state index contributed by atoms with van der Waals surface area (Å²) in [4.78, 5) is 28.5. The lowest BCUT2D eigenvalue weighted by Crippen LogP contribution is -2.22. The molecule has 0 saturated heterocycles. The van der Waals surface area contributed by atoms with E-state index in [1.165, 1.54) is 14.0 Å². The number of hydrogen-bond acceptors (Lipinski definition) is 6. The summed E-state index contributed by atoms with van der Waals surface area (Å²) in [6, 6.07) is 13.5. The van der Waals surface area contributed by atoms with Gasteiger partial charge in [0, 0.05) is 23.0 Å². The Morgan fingerprint density at radius 2 is 1.93 bits per heavy atom. The van der Waals surface area contributed by atoms with Crippen molar-refractivity contribution in [2.75, 3.05) is 12.4 Å². The van der Waals surface area contributed by atoms with Crippen molar-refractivity contribution in [2.45, 2.75) is 6.92 Å². The number of methoxy groups -OCH3 is 1. The number of carbonyl (C=O) groups excluding carboxylic acids is 2. The molecule has 0 aliphatic carbocycles. The van der Waals surface area contributed by atoms with Crippen LogP contribution in [0.25, 0.3) is 11.0 Å². The minimum absolute atomic E-state index is 0.0805. The van der Waals surface area contributed by atoms with Crippen LogP contribution in [-0.4, -0.2) is 19.0 Å². The fourth-order valence-electron chi connectivity index (χ4n) is 2.39. The number of para-hydroxylation sites is 1. The van der Waals surface area contributed by atoms with Gasteiger partial charge in [0.25, 0.3) is 11.5 Å². The third-order valence-electron chi connectivity index (χ3n) is 3.54. The summed E-state index contributed by atoms with van der Waals surface area (Å²) in [7, 11) is 1.49. The van der Waals surface area contributed by atoms with Crippen LogP contribution in [0.3, 0.4) is 0 Å². The van der Waals surface area contributed by atoms with E-state index in [1.807, 2.05) is 0 Å². The first-order chi connectivity index (χ1) is 13.0. The molecule has 0 aliphatic rings. The van der Waals surface area contributed by atoms with Crippen LogP contribution in [0.15, 0.2) is 58.1 Å². The number of halogens is 1. The molecule has 7 nitrogen and oxygen atoms in total. The summed E-state index contributed by atoms with van der Waals surface area (Å²) in [6.45, 7) is 1.19. The van der Waals surface area contributed by atoms with Crippen LogP contribution < -0.4 is 15.6 Å². The number of amides is 1. The topological polar surface area (TPSA) is 90.1 Å². The number of ether oxygens (including phenoxy) is 1. The number of nitrogens with one attached hydrogen (secondary N) is 1. The molecule has 0 bridgehead atoms. The van der Waals surface area contributed by atoms with Crippen LogP contribution in [0.2, 0.25) is 5.02 Å². The number of nitrogens with zero attached hydrogens (tertiary/aromatic N) is 1. The first kappa shape index (κ1) is 18.5. The minimum Gasteiger partial charge on any atom is -0.493 e. The van der Waals surface area contributed by atoms with Crippen molar-refractivity contribution >= 4 is 40.1 Å². The van der Waals surface area contributed by atoms with Gasteiger partial charge in [-0.15, -0.1) is 0 Å². The first-order valence-corrected chi connectivity index (χ1v) is 8.25. The molecule has 2 aromatic carbocycles. The summed E-state index contributed by atoms with van der Waals surface area (Å²) in [5.41, 5.74) is 0.778. The van der Waals surface area contributed by atoms with E-state index in [4.69, 9.17) is 20.8 Å². The molecule has 1 aromatic heterocycles. The molecular weight excluding hydrogens is 372 g/mol. The molecule has 0 saturated carbocycles. The summed E-state index contributed by atoms with van der Waals surface area (Å²) in [6.07, 6.45) is 0. The predicted octanol–water partition coefficient (Wildman–Crippen LogP) is 3.73. The molecular formula is C19H15ClN2O5. The maximum absolute atomic E-state index is 12.7. The maximum atomic E-state index is 12.7. The number of fused-ring (bicyclic) bond motifs is 1. The number of anilines is 1. The van der Waals surface area contributed by atoms with Crippen molar-refractivity contribution in [3.05, 3.63) is 64.7 Å². The van der Waals surface area contributed by atoms with E-state index in [9.17, 15) is 9.59 Å². The number of carbonyl (C=O) groups is 2. The number of rotatable bonds is 4. The highest BCUT2D eigenvalue weighted by Gasteiger charge is 2.15. The van der Waals surface area contributed by atoms with E-state index in [0.717, 1.165) is 0 Å². The lowest BCUT2D eigenvalue weighted by atomic mass is 10.1. The van der Waals surface area contributed by atoms with Crippen LogP contribution >= 0.6 is 11.6 Å². The largest absolute Gasteiger partial charge is 0.493 e. The average molecular weight is 387 g/mol. The van der Waals surface area contributed by atoms with Crippen LogP contribution in [0.5, 0.6) is 5.75 Å². The van der Waals surface area contributed by atoms with Crippen LogP contribution in [0.4, 0.5) is 5.69 Å². The third kappa shape index (κ3) is 4.27. The summed E-state index contributed by atoms with van der Waals surface area (Å²) < 4.78 is 11.0. The van der Waals surface area contributed by atoms with Crippen molar-refractivity contribution in [1.82, 2.24) is 0 Å². The molecule has 0 atom stereocenters. The molecule has 0 fully saturated rings. The minimum atomic E-state index is -0.647. The average Bonchev–Trinajstić information content (AvgIpc) is 2.65. The van der Waals surface area contributed by atoms with Gasteiger partial charge in [0.05, 0.1) is 7.11 Å². The van der Waals surface area contributed by atoms with Crippen molar-refractivity contribution in [3.63, 3.8) is 0 Å². The van der Waals surface area contributed by atoms with E-state index in [1.54, 1.807) is 48.5 Å². The number of hydrogen-bond donors (Lipinski definition) is 1. The smallest absolute Gasteiger partial charge is 0.332 e. The van der Waals surface area contributed by atoms with Gasteiger partial charge >= 0.3 is 5.97 Å². The van der Waals surface area contributed by atoms with Gasteiger partial charge in [-0.25, -0.2) is 4.79 Å². The fraction of sp³-hybridized carbons (Fsp3) is 0.105. The normalized spacial score (nSPS) is 11.3. The zero-order chi connectivity index (χ0) is 19.4. The molecule has 0 spiro atoms. The van der Waals surface area contributed by atoms with Gasteiger partial charge in [0.1, 0.15) is 5.56 Å². The zero-order valence-corrected chi connectivity index (χ0v) is 15.2. The van der Waals surface area contributed by atoms with E-state index in [0.29, 0.717) is 27.4 Å². The Labute approximate surface area is 159 Å². The van der Waals surface area contributed by atoms with E-state index in [-0.39, 0.29) is 11.1 Å². The molecule has 3 aromatic rings. The van der Waals surface area contributed by atoms with E-state index < -0.39 is 11.9 Å². The number of benzene rings is 2. The fourth-order valence-corrected chi connectivity index (χ4v) is 2.58. The zero-order valence-electron chi connectivity index (χ0n) is 14.5. The maximum Gasteiger partial charge on any atom is 0.332 e. The van der Waals surface area contributed by atoms with E-state index >= 15 is 0 Å². The molecule has 1 N–H and O–H groups in total. The van der Waals surface area contributed by atoms with Crippen LogP contribution in [0.1, 0.15) is 17.3 Å². The van der Waals surface area contributed by atoms with Crippen molar-refractivity contribution in [3.8, 4) is 5.75 Å². The predicted molar refractivity (Wildman–Crippen MR) is 99.5 cm³/mol. The molecule has 3 rings (SSSR count). The van der Waals surface area contributed by atoms with Gasteiger partial charge in [-0.1, -0.05) is 29.8 Å². The Hall–Kier alpha value is -3.32. The summed E-state index contributed by atoms with van der Waals surface area (Å²) in [5.74, 6) is -0.697. The lowest BCUT2D eigenvalue weighted by Gasteiger charge is -2.08. The van der Waals surface area contributed by atoms with Crippen molar-refractivity contribution in [1.29, 1.82) is 0 Å². The molecule has 0 radical (unpaired) electrons. The molecule has 1 heterocycles. The second-order valence-electron chi connectivity index (χ2n) is 5.48. The van der Waals surface area contributed by atoms with Gasteiger partial charge < -0.3 is 19.3 Å². The molecule has 0 unspecified atom stereocenters. The molecule has 1 amide bonds. The van der Waals surface area contributed by atoms with E-state index in [2.05, 4.69) is 15.3 Å². The highest BCUT2D eigenvalue weighted by molar-refractivity contribution is 6.31. The summed E-state index contributed by atoms with van der Waals surface area (Å²) >= 11 is 5.94. The molecule has 8 heteroatoms. The Balaban J connectivity index is 2.11. The van der Waals surface area contributed by atoms with Crippen LogP contribution in [0, 0.1) is 0 Å². The quantitative estimate of drug-likeness (QED) is 0.545. The second kappa shape index (κ2) is 7.92. The van der Waals surface area contributed by atoms with Gasteiger partial charge in [-0.2, -0.15) is 0 Å². The Kier molecular flexibility index (Phi) is 5.42. The van der Waals surface area contributed by atoms with Gasteiger partial charge in [-0.05, 0) is 35.5 Å². The molecule has 0 aliphatic heterocycles. The molecule has 138 valence electrons. The standard InChI is InChI=1S/C19H15ClN2O5/c1-11(23)27-22-19-15(18(24)21-14-7-4-6-13(20)10-14)9-12-5-3-8-16(25-2)17(12)26-19/h3-10H,1-2H3,(H,21,24)/b22-19+. The molecule has 27 heavy (non-hydrogen) atoms. The Morgan fingerprint density at radius 3 is 2.63 bits per heavy atom. The summed E-state index contributed by atoms with van der Waals surface area (Å²) in [5, 5.41) is 7.45. The highest BCUT2D eigenvalue weighted by Crippen LogP contribution is 2.25.